The Morgan fingerprint density at radius 3 is 2.14 bits per heavy atom. The predicted octanol–water partition coefficient (Wildman–Crippen LogP) is 2.27. The summed E-state index contributed by atoms with van der Waals surface area (Å²) in [5.41, 5.74) is 4.38. The lowest BCUT2D eigenvalue weighted by molar-refractivity contribution is -0.121. The van der Waals surface area contributed by atoms with Gasteiger partial charge in [0, 0.05) is 12.1 Å². The summed E-state index contributed by atoms with van der Waals surface area (Å²) >= 11 is 0. The normalized spacial score (nSPS) is 17.0. The number of hydrogen-bond donors (Lipinski definition) is 2. The zero-order valence-corrected chi connectivity index (χ0v) is 11.9. The Morgan fingerprint density at radius 2 is 1.64 bits per heavy atom. The molecule has 1 atom stereocenters. The maximum absolute atomic E-state index is 13.6. The van der Waals surface area contributed by atoms with E-state index in [1.807, 2.05) is 0 Å². The van der Waals surface area contributed by atoms with Crippen molar-refractivity contribution in [2.75, 3.05) is 0 Å². The van der Waals surface area contributed by atoms with Crippen LogP contribution in [0.3, 0.4) is 0 Å². The average molecular weight is 314 g/mol. The summed E-state index contributed by atoms with van der Waals surface area (Å²) in [7, 11) is 0. The minimum atomic E-state index is -1.32. The smallest absolute Gasteiger partial charge is 0.257 e. The fourth-order valence-corrected chi connectivity index (χ4v) is 2.86. The van der Waals surface area contributed by atoms with E-state index in [9.17, 15) is 22.8 Å². The van der Waals surface area contributed by atoms with Crippen LogP contribution in [0.15, 0.2) is 12.1 Å². The number of amides is 2. The number of halogens is 3. The number of primary amides is 1. The monoisotopic (exact) mass is 314 g/mol. The van der Waals surface area contributed by atoms with Crippen molar-refractivity contribution in [1.29, 1.82) is 0 Å². The van der Waals surface area contributed by atoms with Gasteiger partial charge in [0.25, 0.3) is 5.91 Å². The van der Waals surface area contributed by atoms with Crippen molar-refractivity contribution < 1.29 is 22.8 Å². The highest BCUT2D eigenvalue weighted by Crippen LogP contribution is 2.27. The Hall–Kier alpha value is -2.05. The highest BCUT2D eigenvalue weighted by Gasteiger charge is 2.31. The third-order valence-electron chi connectivity index (χ3n) is 3.95. The van der Waals surface area contributed by atoms with Crippen LogP contribution in [0.5, 0.6) is 0 Å². The molecule has 0 saturated heterocycles. The first-order valence-corrected chi connectivity index (χ1v) is 7.15. The van der Waals surface area contributed by atoms with Crippen LogP contribution >= 0.6 is 0 Å². The molecule has 0 unspecified atom stereocenters. The van der Waals surface area contributed by atoms with Gasteiger partial charge in [-0.25, -0.2) is 13.2 Å². The predicted molar refractivity (Wildman–Crippen MR) is 73.3 cm³/mol. The zero-order chi connectivity index (χ0) is 16.3. The van der Waals surface area contributed by atoms with E-state index >= 15 is 0 Å². The van der Waals surface area contributed by atoms with Crippen molar-refractivity contribution in [3.05, 3.63) is 35.1 Å². The van der Waals surface area contributed by atoms with Gasteiger partial charge in [0.05, 0.1) is 0 Å². The molecule has 0 aromatic heterocycles. The van der Waals surface area contributed by atoms with Crippen molar-refractivity contribution in [2.45, 2.75) is 38.1 Å². The summed E-state index contributed by atoms with van der Waals surface area (Å²) in [5, 5.41) is 2.29. The summed E-state index contributed by atoms with van der Waals surface area (Å²) < 4.78 is 40.1. The van der Waals surface area contributed by atoms with Gasteiger partial charge in [-0.1, -0.05) is 19.3 Å². The third kappa shape index (κ3) is 3.58. The first-order chi connectivity index (χ1) is 10.4. The molecule has 0 bridgehead atoms. The fraction of sp³-hybridized carbons (Fsp3) is 0.467. The van der Waals surface area contributed by atoms with Crippen LogP contribution in [-0.4, -0.2) is 17.9 Å². The molecule has 4 nitrogen and oxygen atoms in total. The molecule has 3 N–H and O–H groups in total. The molecule has 1 aliphatic rings. The Bertz CT molecular complexity index is 563. The van der Waals surface area contributed by atoms with E-state index in [1.54, 1.807) is 0 Å². The standard InChI is InChI=1S/C15H17F3N2O2/c16-9-6-10(17)12(11(18)7-9)15(22)20-13(14(19)21)8-4-2-1-3-5-8/h6-8,13H,1-5H2,(H2,19,21)(H,20,22)/t13-/m0/s1. The van der Waals surface area contributed by atoms with Crippen molar-refractivity contribution in [2.24, 2.45) is 11.7 Å². The Morgan fingerprint density at radius 1 is 1.09 bits per heavy atom. The third-order valence-corrected chi connectivity index (χ3v) is 3.95. The molecule has 1 aliphatic carbocycles. The van der Waals surface area contributed by atoms with Gasteiger partial charge in [-0.2, -0.15) is 0 Å². The summed E-state index contributed by atoms with van der Waals surface area (Å²) in [6.45, 7) is 0. The van der Waals surface area contributed by atoms with Crippen LogP contribution in [0, 0.1) is 23.4 Å². The highest BCUT2D eigenvalue weighted by molar-refractivity contribution is 5.97. The second-order valence-electron chi connectivity index (χ2n) is 5.50. The molecule has 7 heteroatoms. The van der Waals surface area contributed by atoms with Crippen LogP contribution in [-0.2, 0) is 4.79 Å². The van der Waals surface area contributed by atoms with Gasteiger partial charge in [0.15, 0.2) is 0 Å². The fourth-order valence-electron chi connectivity index (χ4n) is 2.86. The van der Waals surface area contributed by atoms with Crippen molar-refractivity contribution in [3.63, 3.8) is 0 Å². The summed E-state index contributed by atoms with van der Waals surface area (Å²) in [5.74, 6) is -5.76. The molecule has 1 saturated carbocycles. The van der Waals surface area contributed by atoms with Gasteiger partial charge in [-0.3, -0.25) is 9.59 Å². The number of benzene rings is 1. The molecule has 0 heterocycles. The van der Waals surface area contributed by atoms with E-state index in [-0.39, 0.29) is 5.92 Å². The highest BCUT2D eigenvalue weighted by atomic mass is 19.1. The molecule has 0 aliphatic heterocycles. The SMILES string of the molecule is NC(=O)[C@@H](NC(=O)c1c(F)cc(F)cc1F)C1CCCCC1. The van der Waals surface area contributed by atoms with Crippen LogP contribution in [0.1, 0.15) is 42.5 Å². The van der Waals surface area contributed by atoms with Gasteiger partial charge < -0.3 is 11.1 Å². The lowest BCUT2D eigenvalue weighted by Gasteiger charge is -2.28. The van der Waals surface area contributed by atoms with E-state index in [0.717, 1.165) is 19.3 Å². The summed E-state index contributed by atoms with van der Waals surface area (Å²) in [6.07, 6.45) is 4.27. The molecule has 22 heavy (non-hydrogen) atoms. The molecule has 1 fully saturated rings. The van der Waals surface area contributed by atoms with E-state index in [1.165, 1.54) is 0 Å². The lowest BCUT2D eigenvalue weighted by Crippen LogP contribution is -2.50. The van der Waals surface area contributed by atoms with Gasteiger partial charge in [0.1, 0.15) is 29.1 Å². The van der Waals surface area contributed by atoms with Gasteiger partial charge in [-0.15, -0.1) is 0 Å². The molecule has 1 aromatic rings. The molecule has 0 spiro atoms. The van der Waals surface area contributed by atoms with Crippen molar-refractivity contribution in [3.8, 4) is 0 Å². The van der Waals surface area contributed by atoms with Crippen LogP contribution in [0.4, 0.5) is 13.2 Å². The van der Waals surface area contributed by atoms with Crippen LogP contribution in [0.25, 0.3) is 0 Å². The van der Waals surface area contributed by atoms with Crippen LogP contribution in [0.2, 0.25) is 0 Å². The topological polar surface area (TPSA) is 72.2 Å². The van der Waals surface area contributed by atoms with Gasteiger partial charge >= 0.3 is 0 Å². The maximum atomic E-state index is 13.6. The quantitative estimate of drug-likeness (QED) is 0.895. The molecular weight excluding hydrogens is 297 g/mol. The molecule has 0 radical (unpaired) electrons. The van der Waals surface area contributed by atoms with E-state index < -0.39 is 40.9 Å². The number of carbonyl (C=O) groups is 2. The number of nitrogens with two attached hydrogens (primary N) is 1. The van der Waals surface area contributed by atoms with E-state index in [0.29, 0.717) is 25.0 Å². The van der Waals surface area contributed by atoms with Crippen molar-refractivity contribution >= 4 is 11.8 Å². The second kappa shape index (κ2) is 6.81. The minimum absolute atomic E-state index is 0.151. The number of nitrogens with one attached hydrogen (secondary N) is 1. The van der Waals surface area contributed by atoms with E-state index in [4.69, 9.17) is 5.73 Å². The average Bonchev–Trinajstić information content (AvgIpc) is 2.44. The molecule has 2 rings (SSSR count). The Balaban J connectivity index is 2.20. The first kappa shape index (κ1) is 16.3. The molecular formula is C15H17F3N2O2. The maximum Gasteiger partial charge on any atom is 0.257 e. The molecule has 1 aromatic carbocycles. The van der Waals surface area contributed by atoms with Gasteiger partial charge in [0.2, 0.25) is 5.91 Å². The first-order valence-electron chi connectivity index (χ1n) is 7.15. The summed E-state index contributed by atoms with van der Waals surface area (Å²) in [4.78, 5) is 23.6. The van der Waals surface area contributed by atoms with Crippen LogP contribution < -0.4 is 11.1 Å². The Kier molecular flexibility index (Phi) is 5.05. The Labute approximate surface area is 125 Å². The molecule has 120 valence electrons. The zero-order valence-electron chi connectivity index (χ0n) is 11.9. The second-order valence-corrected chi connectivity index (χ2v) is 5.50. The minimum Gasteiger partial charge on any atom is -0.368 e. The number of carbonyl (C=O) groups excluding carboxylic acids is 2. The van der Waals surface area contributed by atoms with Crippen molar-refractivity contribution in [1.82, 2.24) is 5.32 Å². The van der Waals surface area contributed by atoms with E-state index in [2.05, 4.69) is 5.32 Å². The lowest BCUT2D eigenvalue weighted by atomic mass is 9.83. The summed E-state index contributed by atoms with van der Waals surface area (Å²) in [6, 6.07) is -0.160. The number of hydrogen-bond acceptors (Lipinski definition) is 2. The molecule has 2 amide bonds. The largest absolute Gasteiger partial charge is 0.368 e. The number of rotatable bonds is 4. The van der Waals surface area contributed by atoms with Gasteiger partial charge in [-0.05, 0) is 18.8 Å².